The van der Waals surface area contributed by atoms with Gasteiger partial charge in [-0.25, -0.2) is 0 Å². The summed E-state index contributed by atoms with van der Waals surface area (Å²) < 4.78 is 0. The van der Waals surface area contributed by atoms with Crippen molar-refractivity contribution in [1.29, 1.82) is 0 Å². The molecule has 0 saturated carbocycles. The SMILES string of the molecule is CCCC[C@@H](C(=O)Nc1ccc(Cl)c(Cl)c1)N1C(=O)c2ccccc2C1=O. The highest BCUT2D eigenvalue weighted by Crippen LogP contribution is 2.28. The summed E-state index contributed by atoms with van der Waals surface area (Å²) in [7, 11) is 0. The third-order valence-corrected chi connectivity index (χ3v) is 5.20. The van der Waals surface area contributed by atoms with Gasteiger partial charge in [0, 0.05) is 5.69 Å². The maximum absolute atomic E-state index is 12.9. The molecule has 2 aromatic rings. The van der Waals surface area contributed by atoms with Gasteiger partial charge in [-0.1, -0.05) is 55.1 Å². The molecule has 2 aromatic carbocycles. The van der Waals surface area contributed by atoms with Crippen LogP contribution in [-0.2, 0) is 4.79 Å². The van der Waals surface area contributed by atoms with E-state index in [-0.39, 0.29) is 0 Å². The van der Waals surface area contributed by atoms with Gasteiger partial charge in [-0.15, -0.1) is 0 Å². The van der Waals surface area contributed by atoms with E-state index in [1.54, 1.807) is 36.4 Å². The Hall–Kier alpha value is -2.37. The number of imide groups is 1. The van der Waals surface area contributed by atoms with Gasteiger partial charge in [-0.3, -0.25) is 19.3 Å². The summed E-state index contributed by atoms with van der Waals surface area (Å²) in [4.78, 5) is 39.5. The highest BCUT2D eigenvalue weighted by Gasteiger charge is 2.42. The number of unbranched alkanes of at least 4 members (excludes halogenated alkanes) is 1. The predicted octanol–water partition coefficient (Wildman–Crippen LogP) is 4.79. The van der Waals surface area contributed by atoms with E-state index in [4.69, 9.17) is 23.2 Å². The Morgan fingerprint density at radius 1 is 1.04 bits per heavy atom. The van der Waals surface area contributed by atoms with Crippen LogP contribution >= 0.6 is 23.2 Å². The van der Waals surface area contributed by atoms with Crippen LogP contribution < -0.4 is 5.32 Å². The van der Waals surface area contributed by atoms with Crippen LogP contribution in [0.2, 0.25) is 10.0 Å². The summed E-state index contributed by atoms with van der Waals surface area (Å²) in [5, 5.41) is 3.41. The molecule has 27 heavy (non-hydrogen) atoms. The number of anilines is 1. The zero-order valence-electron chi connectivity index (χ0n) is 14.7. The van der Waals surface area contributed by atoms with Crippen molar-refractivity contribution in [3.8, 4) is 0 Å². The first-order chi connectivity index (χ1) is 12.9. The van der Waals surface area contributed by atoms with Crippen LogP contribution in [0.5, 0.6) is 0 Å². The fourth-order valence-electron chi connectivity index (χ4n) is 3.07. The highest BCUT2D eigenvalue weighted by atomic mass is 35.5. The molecule has 0 radical (unpaired) electrons. The summed E-state index contributed by atoms with van der Waals surface area (Å²) in [6, 6.07) is 10.4. The Morgan fingerprint density at radius 3 is 2.22 bits per heavy atom. The van der Waals surface area contributed by atoms with E-state index in [0.717, 1.165) is 11.3 Å². The predicted molar refractivity (Wildman–Crippen MR) is 105 cm³/mol. The number of fused-ring (bicyclic) bond motifs is 1. The van der Waals surface area contributed by atoms with E-state index >= 15 is 0 Å². The van der Waals surface area contributed by atoms with E-state index < -0.39 is 23.8 Å². The molecular formula is C20H18Cl2N2O3. The molecule has 5 nitrogen and oxygen atoms in total. The van der Waals surface area contributed by atoms with Gasteiger partial charge in [0.25, 0.3) is 11.8 Å². The van der Waals surface area contributed by atoms with E-state index in [1.165, 1.54) is 6.07 Å². The van der Waals surface area contributed by atoms with Crippen LogP contribution in [0.15, 0.2) is 42.5 Å². The van der Waals surface area contributed by atoms with Gasteiger partial charge in [-0.05, 0) is 36.8 Å². The molecule has 0 saturated heterocycles. The second kappa shape index (κ2) is 8.11. The van der Waals surface area contributed by atoms with Gasteiger partial charge in [0.15, 0.2) is 0 Å². The number of hydrogen-bond acceptors (Lipinski definition) is 3. The molecule has 1 aliphatic rings. The second-order valence-corrected chi connectivity index (χ2v) is 7.12. The van der Waals surface area contributed by atoms with Gasteiger partial charge in [0.05, 0.1) is 21.2 Å². The monoisotopic (exact) mass is 404 g/mol. The standard InChI is InChI=1S/C20H18Cl2N2O3/c1-2-3-8-17(18(25)23-12-9-10-15(21)16(22)11-12)24-19(26)13-6-4-5-7-14(13)20(24)27/h4-7,9-11,17H,2-3,8H2,1H3,(H,23,25)/t17-/m0/s1. The van der Waals surface area contributed by atoms with Crippen molar-refractivity contribution >= 4 is 46.6 Å². The molecule has 3 amide bonds. The summed E-state index contributed by atoms with van der Waals surface area (Å²) in [5.74, 6) is -1.32. The number of hydrogen-bond donors (Lipinski definition) is 1. The molecule has 140 valence electrons. The maximum atomic E-state index is 12.9. The van der Waals surface area contributed by atoms with Gasteiger partial charge in [0.1, 0.15) is 6.04 Å². The van der Waals surface area contributed by atoms with Crippen LogP contribution in [0.3, 0.4) is 0 Å². The average molecular weight is 405 g/mol. The lowest BCUT2D eigenvalue weighted by molar-refractivity contribution is -0.120. The Labute approximate surface area is 167 Å². The third-order valence-electron chi connectivity index (χ3n) is 4.46. The number of benzene rings is 2. The molecule has 1 aliphatic heterocycles. The van der Waals surface area contributed by atoms with Gasteiger partial charge < -0.3 is 5.32 Å². The Balaban J connectivity index is 1.87. The Bertz CT molecular complexity index is 879. The van der Waals surface area contributed by atoms with Crippen molar-refractivity contribution in [2.45, 2.75) is 32.2 Å². The quantitative estimate of drug-likeness (QED) is 0.703. The van der Waals surface area contributed by atoms with E-state index in [0.29, 0.717) is 39.7 Å². The van der Waals surface area contributed by atoms with E-state index in [1.807, 2.05) is 6.92 Å². The van der Waals surface area contributed by atoms with Crippen LogP contribution in [0.1, 0.15) is 46.9 Å². The molecular weight excluding hydrogens is 387 g/mol. The Morgan fingerprint density at radius 2 is 1.67 bits per heavy atom. The zero-order chi connectivity index (χ0) is 19.6. The number of nitrogens with zero attached hydrogens (tertiary/aromatic N) is 1. The van der Waals surface area contributed by atoms with Crippen LogP contribution in [0, 0.1) is 0 Å². The van der Waals surface area contributed by atoms with Crippen molar-refractivity contribution in [3.05, 3.63) is 63.6 Å². The molecule has 0 spiro atoms. The van der Waals surface area contributed by atoms with Gasteiger partial charge in [-0.2, -0.15) is 0 Å². The Kier molecular flexibility index (Phi) is 5.82. The first kappa shape index (κ1) is 19.4. The normalized spacial score (nSPS) is 14.3. The summed E-state index contributed by atoms with van der Waals surface area (Å²) in [6.45, 7) is 1.98. The highest BCUT2D eigenvalue weighted by molar-refractivity contribution is 6.42. The van der Waals surface area contributed by atoms with E-state index in [2.05, 4.69) is 5.32 Å². The van der Waals surface area contributed by atoms with Crippen LogP contribution in [-0.4, -0.2) is 28.7 Å². The molecule has 3 rings (SSSR count). The number of halogens is 2. The third kappa shape index (κ3) is 3.84. The lowest BCUT2D eigenvalue weighted by atomic mass is 10.1. The summed E-state index contributed by atoms with van der Waals surface area (Å²) >= 11 is 11.9. The first-order valence-corrected chi connectivity index (χ1v) is 9.42. The van der Waals surface area contributed by atoms with Crippen LogP contribution in [0.4, 0.5) is 5.69 Å². The lowest BCUT2D eigenvalue weighted by Gasteiger charge is -2.25. The molecule has 0 aliphatic carbocycles. The van der Waals surface area contributed by atoms with E-state index in [9.17, 15) is 14.4 Å². The molecule has 0 unspecified atom stereocenters. The van der Waals surface area contributed by atoms with Crippen molar-refractivity contribution in [1.82, 2.24) is 4.90 Å². The maximum Gasteiger partial charge on any atom is 0.262 e. The van der Waals surface area contributed by atoms with Gasteiger partial charge in [0.2, 0.25) is 5.91 Å². The number of nitrogens with one attached hydrogen (secondary N) is 1. The van der Waals surface area contributed by atoms with Crippen molar-refractivity contribution in [3.63, 3.8) is 0 Å². The topological polar surface area (TPSA) is 66.5 Å². The number of rotatable bonds is 6. The molecule has 0 aromatic heterocycles. The lowest BCUT2D eigenvalue weighted by Crippen LogP contribution is -2.47. The summed E-state index contributed by atoms with van der Waals surface area (Å²) in [6.07, 6.45) is 1.92. The molecule has 7 heteroatoms. The minimum atomic E-state index is -0.896. The smallest absolute Gasteiger partial charge is 0.262 e. The average Bonchev–Trinajstić information content (AvgIpc) is 2.90. The van der Waals surface area contributed by atoms with Gasteiger partial charge >= 0.3 is 0 Å². The zero-order valence-corrected chi connectivity index (χ0v) is 16.2. The number of amides is 3. The second-order valence-electron chi connectivity index (χ2n) is 6.30. The number of carbonyl (C=O) groups excluding carboxylic acids is 3. The van der Waals surface area contributed by atoms with Crippen molar-refractivity contribution < 1.29 is 14.4 Å². The molecule has 1 heterocycles. The molecule has 1 atom stereocenters. The minimum Gasteiger partial charge on any atom is -0.324 e. The largest absolute Gasteiger partial charge is 0.324 e. The fourth-order valence-corrected chi connectivity index (χ4v) is 3.36. The molecule has 1 N–H and O–H groups in total. The minimum absolute atomic E-state index is 0.306. The molecule has 0 bridgehead atoms. The molecule has 0 fully saturated rings. The fraction of sp³-hybridized carbons (Fsp3) is 0.250. The first-order valence-electron chi connectivity index (χ1n) is 8.67. The van der Waals surface area contributed by atoms with Crippen LogP contribution in [0.25, 0.3) is 0 Å². The van der Waals surface area contributed by atoms with Crippen molar-refractivity contribution in [2.24, 2.45) is 0 Å². The number of carbonyl (C=O) groups is 3. The van der Waals surface area contributed by atoms with Crippen molar-refractivity contribution in [2.75, 3.05) is 5.32 Å². The summed E-state index contributed by atoms with van der Waals surface area (Å²) in [5.41, 5.74) is 1.10.